The highest BCUT2D eigenvalue weighted by atomic mass is 16.5. The van der Waals surface area contributed by atoms with Gasteiger partial charge >= 0.3 is 5.97 Å². The molecule has 1 aliphatic heterocycles. The van der Waals surface area contributed by atoms with Crippen molar-refractivity contribution in [3.8, 4) is 0 Å². The highest BCUT2D eigenvalue weighted by Gasteiger charge is 2.33. The zero-order valence-electron chi connectivity index (χ0n) is 11.9. The Kier molecular flexibility index (Phi) is 5.37. The van der Waals surface area contributed by atoms with Crippen molar-refractivity contribution in [2.75, 3.05) is 19.7 Å². The van der Waals surface area contributed by atoms with Crippen molar-refractivity contribution >= 4 is 11.8 Å². The van der Waals surface area contributed by atoms with Crippen LogP contribution in [0.5, 0.6) is 0 Å². The summed E-state index contributed by atoms with van der Waals surface area (Å²) in [5.41, 5.74) is 0. The van der Waals surface area contributed by atoms with E-state index in [2.05, 4.69) is 4.90 Å². The van der Waals surface area contributed by atoms with Crippen molar-refractivity contribution in [3.05, 3.63) is 0 Å². The van der Waals surface area contributed by atoms with Crippen molar-refractivity contribution in [2.24, 2.45) is 5.92 Å². The molecule has 2 aliphatic rings. The molecule has 0 amide bonds. The molecule has 2 unspecified atom stereocenters. The van der Waals surface area contributed by atoms with Gasteiger partial charge < -0.3 is 4.74 Å². The van der Waals surface area contributed by atoms with Crippen LogP contribution in [-0.4, -0.2) is 42.4 Å². The Bertz CT molecular complexity index is 327. The molecule has 0 bridgehead atoms. The number of carbonyl (C=O) groups is 2. The molecule has 0 aromatic heterocycles. The first-order valence-electron chi connectivity index (χ1n) is 7.62. The minimum atomic E-state index is -0.385. The van der Waals surface area contributed by atoms with Crippen molar-refractivity contribution in [3.63, 3.8) is 0 Å². The van der Waals surface area contributed by atoms with E-state index in [9.17, 15) is 9.59 Å². The van der Waals surface area contributed by atoms with E-state index in [1.165, 1.54) is 38.5 Å². The van der Waals surface area contributed by atoms with E-state index >= 15 is 0 Å². The largest absolute Gasteiger partial charge is 0.466 e. The number of Topliss-reactive ketones (excluding diaryl/α,β-unsaturated/α-hetero) is 1. The van der Waals surface area contributed by atoms with E-state index in [-0.39, 0.29) is 18.2 Å². The van der Waals surface area contributed by atoms with Crippen LogP contribution in [-0.2, 0) is 14.3 Å². The molecule has 4 heteroatoms. The Morgan fingerprint density at radius 1 is 1.16 bits per heavy atom. The Morgan fingerprint density at radius 3 is 2.68 bits per heavy atom. The highest BCUT2D eigenvalue weighted by molar-refractivity contribution is 5.96. The number of fused-ring (bicyclic) bond motifs is 1. The Labute approximate surface area is 115 Å². The molecule has 19 heavy (non-hydrogen) atoms. The third-order valence-electron chi connectivity index (χ3n) is 4.38. The number of esters is 1. The molecule has 0 aromatic carbocycles. The molecule has 1 heterocycles. The van der Waals surface area contributed by atoms with E-state index < -0.39 is 0 Å². The second kappa shape index (κ2) is 7.04. The fraction of sp³-hybridized carbons (Fsp3) is 0.867. The van der Waals surface area contributed by atoms with Gasteiger partial charge in [-0.2, -0.15) is 0 Å². The standard InChI is InChI=1S/C15H25NO3/c1-2-19-15(18)10-13(17)11-16-9-5-7-12-6-3-4-8-14(12)16/h12,14H,2-11H2,1H3. The quantitative estimate of drug-likeness (QED) is 0.566. The molecule has 2 fully saturated rings. The zero-order chi connectivity index (χ0) is 13.7. The number of likely N-dealkylation sites (tertiary alicyclic amines) is 1. The predicted molar refractivity (Wildman–Crippen MR) is 72.8 cm³/mol. The number of hydrogen-bond acceptors (Lipinski definition) is 4. The van der Waals surface area contributed by atoms with E-state index in [4.69, 9.17) is 4.74 Å². The lowest BCUT2D eigenvalue weighted by atomic mass is 9.78. The molecule has 0 aromatic rings. The molecule has 0 radical (unpaired) electrons. The molecule has 2 rings (SSSR count). The maximum atomic E-state index is 11.9. The maximum absolute atomic E-state index is 11.9. The van der Waals surface area contributed by atoms with Crippen LogP contribution in [0.2, 0.25) is 0 Å². The average Bonchev–Trinajstić information content (AvgIpc) is 2.39. The monoisotopic (exact) mass is 267 g/mol. The van der Waals surface area contributed by atoms with Crippen LogP contribution in [0, 0.1) is 5.92 Å². The van der Waals surface area contributed by atoms with Gasteiger partial charge in [0.25, 0.3) is 0 Å². The molecule has 4 nitrogen and oxygen atoms in total. The van der Waals surface area contributed by atoms with Gasteiger partial charge in [0.05, 0.1) is 13.2 Å². The first kappa shape index (κ1) is 14.5. The molecular formula is C15H25NO3. The van der Waals surface area contributed by atoms with Crippen molar-refractivity contribution in [1.29, 1.82) is 0 Å². The number of hydrogen-bond donors (Lipinski definition) is 0. The summed E-state index contributed by atoms with van der Waals surface area (Å²) < 4.78 is 4.83. The molecule has 1 saturated carbocycles. The second-order valence-corrected chi connectivity index (χ2v) is 5.75. The summed E-state index contributed by atoms with van der Waals surface area (Å²) in [6.45, 7) is 3.55. The van der Waals surface area contributed by atoms with Gasteiger partial charge in [0.2, 0.25) is 0 Å². The van der Waals surface area contributed by atoms with Gasteiger partial charge in [-0.3, -0.25) is 14.5 Å². The number of rotatable bonds is 5. The van der Waals surface area contributed by atoms with Gasteiger partial charge in [0, 0.05) is 6.04 Å². The number of carbonyl (C=O) groups excluding carboxylic acids is 2. The van der Waals surface area contributed by atoms with E-state index in [1.807, 2.05) is 0 Å². The SMILES string of the molecule is CCOC(=O)CC(=O)CN1CCCC2CCCCC21. The van der Waals surface area contributed by atoms with E-state index in [1.54, 1.807) is 6.92 Å². The predicted octanol–water partition coefficient (Wildman–Crippen LogP) is 2.16. The Morgan fingerprint density at radius 2 is 1.89 bits per heavy atom. The van der Waals surface area contributed by atoms with Gasteiger partial charge in [-0.1, -0.05) is 12.8 Å². The molecule has 0 spiro atoms. The summed E-state index contributed by atoms with van der Waals surface area (Å²) in [5, 5.41) is 0. The van der Waals surface area contributed by atoms with Gasteiger partial charge in [-0.05, 0) is 45.1 Å². The summed E-state index contributed by atoms with van der Waals surface area (Å²) in [6.07, 6.45) is 7.59. The smallest absolute Gasteiger partial charge is 0.313 e. The number of ether oxygens (including phenoxy) is 1. The lowest BCUT2D eigenvalue weighted by Gasteiger charge is -2.43. The van der Waals surface area contributed by atoms with Crippen molar-refractivity contribution in [2.45, 2.75) is 57.9 Å². The van der Waals surface area contributed by atoms with E-state index in [0.29, 0.717) is 19.2 Å². The Hall–Kier alpha value is -0.900. The second-order valence-electron chi connectivity index (χ2n) is 5.75. The molecule has 2 atom stereocenters. The maximum Gasteiger partial charge on any atom is 0.313 e. The normalized spacial score (nSPS) is 27.6. The van der Waals surface area contributed by atoms with Crippen LogP contribution in [0.3, 0.4) is 0 Å². The van der Waals surface area contributed by atoms with Crippen LogP contribution < -0.4 is 0 Å². The number of ketones is 1. The van der Waals surface area contributed by atoms with Crippen LogP contribution in [0.1, 0.15) is 51.9 Å². The van der Waals surface area contributed by atoms with Crippen molar-refractivity contribution < 1.29 is 14.3 Å². The van der Waals surface area contributed by atoms with Gasteiger partial charge in [-0.25, -0.2) is 0 Å². The zero-order valence-corrected chi connectivity index (χ0v) is 11.9. The average molecular weight is 267 g/mol. The summed E-state index contributed by atoms with van der Waals surface area (Å²) in [7, 11) is 0. The third kappa shape index (κ3) is 4.03. The Balaban J connectivity index is 1.83. The van der Waals surface area contributed by atoms with E-state index in [0.717, 1.165) is 12.5 Å². The van der Waals surface area contributed by atoms with Gasteiger partial charge in [0.15, 0.2) is 5.78 Å². The first-order chi connectivity index (χ1) is 9.20. The summed E-state index contributed by atoms with van der Waals surface area (Å²) in [6, 6.07) is 0.577. The fourth-order valence-electron chi connectivity index (χ4n) is 3.58. The van der Waals surface area contributed by atoms with Gasteiger partial charge in [-0.15, -0.1) is 0 Å². The lowest BCUT2D eigenvalue weighted by Crippen LogP contribution is -2.48. The summed E-state index contributed by atoms with van der Waals surface area (Å²) in [4.78, 5) is 25.6. The molecule has 1 aliphatic carbocycles. The van der Waals surface area contributed by atoms with Crippen molar-refractivity contribution in [1.82, 2.24) is 4.90 Å². The van der Waals surface area contributed by atoms with Crippen LogP contribution in [0.4, 0.5) is 0 Å². The van der Waals surface area contributed by atoms with Crippen LogP contribution >= 0.6 is 0 Å². The summed E-state index contributed by atoms with van der Waals surface area (Å²) in [5.74, 6) is 0.396. The van der Waals surface area contributed by atoms with Crippen LogP contribution in [0.25, 0.3) is 0 Å². The third-order valence-corrected chi connectivity index (χ3v) is 4.38. The molecule has 1 saturated heterocycles. The number of piperidine rings is 1. The lowest BCUT2D eigenvalue weighted by molar-refractivity contribution is -0.146. The topological polar surface area (TPSA) is 46.6 Å². The number of nitrogens with zero attached hydrogens (tertiary/aromatic N) is 1. The van der Waals surface area contributed by atoms with Gasteiger partial charge in [0.1, 0.15) is 6.42 Å². The molecular weight excluding hydrogens is 242 g/mol. The minimum Gasteiger partial charge on any atom is -0.466 e. The van der Waals surface area contributed by atoms with Crippen LogP contribution in [0.15, 0.2) is 0 Å². The minimum absolute atomic E-state index is 0.00433. The molecule has 0 N–H and O–H groups in total. The fourth-order valence-corrected chi connectivity index (χ4v) is 3.58. The summed E-state index contributed by atoms with van der Waals surface area (Å²) >= 11 is 0. The first-order valence-corrected chi connectivity index (χ1v) is 7.62. The highest BCUT2D eigenvalue weighted by Crippen LogP contribution is 2.35. The molecule has 108 valence electrons.